The van der Waals surface area contributed by atoms with Crippen LogP contribution < -0.4 is 5.73 Å². The van der Waals surface area contributed by atoms with Gasteiger partial charge in [0.1, 0.15) is 0 Å². The molecule has 0 radical (unpaired) electrons. The number of rotatable bonds is 6. The Kier molecular flexibility index (Phi) is 5.96. The van der Waals surface area contributed by atoms with Crippen LogP contribution >= 0.6 is 11.8 Å². The molecular weight excluding hydrogens is 262 g/mol. The average Bonchev–Trinajstić information content (AvgIpc) is 2.86. The second-order valence-corrected chi connectivity index (χ2v) is 6.55. The number of ether oxygens (including phenoxy) is 3. The van der Waals surface area contributed by atoms with Crippen LogP contribution in [0.1, 0.15) is 33.1 Å². The monoisotopic (exact) mass is 289 g/mol. The molecule has 0 bridgehead atoms. The van der Waals surface area contributed by atoms with Crippen LogP contribution in [0.25, 0.3) is 0 Å². The van der Waals surface area contributed by atoms with Gasteiger partial charge in [-0.05, 0) is 44.8 Å². The number of hydrogen-bond donors (Lipinski definition) is 1. The van der Waals surface area contributed by atoms with E-state index in [0.717, 1.165) is 31.6 Å². The molecule has 4 nitrogen and oxygen atoms in total. The van der Waals surface area contributed by atoms with E-state index in [2.05, 4.69) is 0 Å². The highest BCUT2D eigenvalue weighted by atomic mass is 32.2. The van der Waals surface area contributed by atoms with Gasteiger partial charge in [0.2, 0.25) is 0 Å². The average molecular weight is 289 g/mol. The molecular formula is C14H27NO3S. The Hall–Kier alpha value is 0.190. The number of nitrogens with two attached hydrogens (primary N) is 1. The molecule has 0 aromatic heterocycles. The molecule has 0 amide bonds. The maximum absolute atomic E-state index is 6.40. The summed E-state index contributed by atoms with van der Waals surface area (Å²) in [6.45, 7) is 6.07. The molecule has 3 atom stereocenters. The van der Waals surface area contributed by atoms with Crippen LogP contribution in [0.5, 0.6) is 0 Å². The first kappa shape index (κ1) is 15.6. The molecule has 0 aromatic carbocycles. The molecule has 2 heterocycles. The summed E-state index contributed by atoms with van der Waals surface area (Å²) in [4.78, 5) is 0. The van der Waals surface area contributed by atoms with Gasteiger partial charge in [-0.15, -0.1) is 0 Å². The van der Waals surface area contributed by atoms with Crippen molar-refractivity contribution >= 4 is 11.8 Å². The van der Waals surface area contributed by atoms with Crippen LogP contribution in [-0.2, 0) is 14.2 Å². The van der Waals surface area contributed by atoms with E-state index < -0.39 is 0 Å². The van der Waals surface area contributed by atoms with Crippen LogP contribution in [-0.4, -0.2) is 49.3 Å². The smallest absolute Gasteiger partial charge is 0.172 e. The highest BCUT2D eigenvalue weighted by molar-refractivity contribution is 7.99. The van der Waals surface area contributed by atoms with Crippen molar-refractivity contribution in [2.45, 2.75) is 51.0 Å². The van der Waals surface area contributed by atoms with E-state index in [9.17, 15) is 0 Å². The maximum Gasteiger partial charge on any atom is 0.172 e. The summed E-state index contributed by atoms with van der Waals surface area (Å²) in [5.74, 6) is 2.77. The van der Waals surface area contributed by atoms with Gasteiger partial charge in [0.25, 0.3) is 0 Å². The summed E-state index contributed by atoms with van der Waals surface area (Å²) in [5.41, 5.74) is 6.48. The van der Waals surface area contributed by atoms with Crippen molar-refractivity contribution in [3.63, 3.8) is 0 Å². The van der Waals surface area contributed by atoms with Crippen molar-refractivity contribution in [3.05, 3.63) is 0 Å². The van der Waals surface area contributed by atoms with Crippen LogP contribution in [0.2, 0.25) is 0 Å². The summed E-state index contributed by atoms with van der Waals surface area (Å²) >= 11 is 1.99. The summed E-state index contributed by atoms with van der Waals surface area (Å²) in [7, 11) is 0. The molecule has 0 saturated carbocycles. The van der Waals surface area contributed by atoms with E-state index in [0.29, 0.717) is 19.1 Å². The molecule has 2 aliphatic heterocycles. The lowest BCUT2D eigenvalue weighted by atomic mass is 9.81. The normalized spacial score (nSPS) is 33.2. The highest BCUT2D eigenvalue weighted by Gasteiger charge is 2.43. The molecule has 2 N–H and O–H groups in total. The Morgan fingerprint density at radius 3 is 2.68 bits per heavy atom. The van der Waals surface area contributed by atoms with Crippen molar-refractivity contribution in [1.29, 1.82) is 0 Å². The minimum Gasteiger partial charge on any atom is -0.374 e. The van der Waals surface area contributed by atoms with Crippen LogP contribution in [0.15, 0.2) is 0 Å². The van der Waals surface area contributed by atoms with Gasteiger partial charge < -0.3 is 19.9 Å². The van der Waals surface area contributed by atoms with Gasteiger partial charge in [0.15, 0.2) is 6.29 Å². The van der Waals surface area contributed by atoms with Crippen LogP contribution in [0, 0.1) is 5.92 Å². The Bertz CT molecular complexity index is 265. The van der Waals surface area contributed by atoms with E-state index in [1.54, 1.807) is 0 Å². The van der Waals surface area contributed by atoms with E-state index in [1.807, 2.05) is 25.6 Å². The maximum atomic E-state index is 6.40. The van der Waals surface area contributed by atoms with E-state index in [1.165, 1.54) is 5.75 Å². The lowest BCUT2D eigenvalue weighted by Gasteiger charge is -2.41. The highest BCUT2D eigenvalue weighted by Crippen LogP contribution is 2.41. The fraction of sp³-hybridized carbons (Fsp3) is 1.00. The molecule has 5 heteroatoms. The summed E-state index contributed by atoms with van der Waals surface area (Å²) < 4.78 is 17.4. The number of hydrogen-bond acceptors (Lipinski definition) is 5. The number of thioether (sulfide) groups is 1. The molecule has 2 fully saturated rings. The van der Waals surface area contributed by atoms with E-state index in [4.69, 9.17) is 19.9 Å². The zero-order chi connectivity index (χ0) is 13.7. The van der Waals surface area contributed by atoms with Gasteiger partial charge in [-0.25, -0.2) is 0 Å². The molecule has 2 rings (SSSR count). The van der Waals surface area contributed by atoms with Crippen molar-refractivity contribution in [2.75, 3.05) is 31.3 Å². The fourth-order valence-electron chi connectivity index (χ4n) is 3.08. The van der Waals surface area contributed by atoms with Crippen molar-refractivity contribution in [2.24, 2.45) is 11.7 Å². The molecule has 2 aliphatic rings. The van der Waals surface area contributed by atoms with Gasteiger partial charge >= 0.3 is 0 Å². The van der Waals surface area contributed by atoms with Crippen molar-refractivity contribution in [1.82, 2.24) is 0 Å². The van der Waals surface area contributed by atoms with Gasteiger partial charge in [-0.1, -0.05) is 0 Å². The molecule has 1 spiro atoms. The predicted octanol–water partition coefficient (Wildman–Crippen LogP) is 2.02. The second kappa shape index (κ2) is 7.27. The Morgan fingerprint density at radius 2 is 2.11 bits per heavy atom. The van der Waals surface area contributed by atoms with Crippen molar-refractivity contribution in [3.8, 4) is 0 Å². The SMILES string of the molecule is CCOC(OCC)C(N)C1CCOC2(CCSC2)C1. The lowest BCUT2D eigenvalue weighted by Crippen LogP contribution is -2.51. The Morgan fingerprint density at radius 1 is 1.37 bits per heavy atom. The van der Waals surface area contributed by atoms with Crippen LogP contribution in [0.3, 0.4) is 0 Å². The first-order chi connectivity index (χ1) is 9.21. The molecule has 0 aromatic rings. The predicted molar refractivity (Wildman–Crippen MR) is 78.4 cm³/mol. The van der Waals surface area contributed by atoms with Gasteiger partial charge in [-0.3, -0.25) is 0 Å². The summed E-state index contributed by atoms with van der Waals surface area (Å²) in [5, 5.41) is 0. The first-order valence-electron chi connectivity index (χ1n) is 7.41. The molecule has 2 saturated heterocycles. The Labute approximate surface area is 120 Å². The zero-order valence-electron chi connectivity index (χ0n) is 12.1. The Balaban J connectivity index is 1.94. The second-order valence-electron chi connectivity index (χ2n) is 5.44. The van der Waals surface area contributed by atoms with E-state index >= 15 is 0 Å². The van der Waals surface area contributed by atoms with Gasteiger partial charge in [0.05, 0.1) is 11.6 Å². The largest absolute Gasteiger partial charge is 0.374 e. The molecule has 3 unspecified atom stereocenters. The molecule has 0 aliphatic carbocycles. The fourth-order valence-corrected chi connectivity index (χ4v) is 4.46. The van der Waals surface area contributed by atoms with Gasteiger partial charge in [-0.2, -0.15) is 11.8 Å². The standard InChI is InChI=1S/C14H27NO3S/c1-3-16-13(17-4-2)12(15)11-5-7-18-14(9-11)6-8-19-10-14/h11-13H,3-10,15H2,1-2H3. The van der Waals surface area contributed by atoms with Gasteiger partial charge in [0, 0.05) is 25.6 Å². The third-order valence-electron chi connectivity index (χ3n) is 4.12. The molecule has 112 valence electrons. The zero-order valence-corrected chi connectivity index (χ0v) is 12.9. The third kappa shape index (κ3) is 3.85. The minimum absolute atomic E-state index is 0.0497. The molecule has 19 heavy (non-hydrogen) atoms. The quantitative estimate of drug-likeness (QED) is 0.758. The van der Waals surface area contributed by atoms with E-state index in [-0.39, 0.29) is 17.9 Å². The van der Waals surface area contributed by atoms with Crippen LogP contribution in [0.4, 0.5) is 0 Å². The first-order valence-corrected chi connectivity index (χ1v) is 8.56. The summed E-state index contributed by atoms with van der Waals surface area (Å²) in [6, 6.07) is -0.0497. The topological polar surface area (TPSA) is 53.7 Å². The summed E-state index contributed by atoms with van der Waals surface area (Å²) in [6.07, 6.45) is 2.96. The van der Waals surface area contributed by atoms with Crippen molar-refractivity contribution < 1.29 is 14.2 Å². The third-order valence-corrected chi connectivity index (χ3v) is 5.34. The minimum atomic E-state index is -0.274. The lowest BCUT2D eigenvalue weighted by molar-refractivity contribution is -0.169.